The number of thiol groups is 1. The van der Waals surface area contributed by atoms with E-state index in [1.54, 1.807) is 0 Å². The van der Waals surface area contributed by atoms with Crippen LogP contribution in [0.5, 0.6) is 0 Å². The Balaban J connectivity index is 2.23. The number of amides is 1. The van der Waals surface area contributed by atoms with Gasteiger partial charge >= 0.3 is 0 Å². The Bertz CT molecular complexity index is 201. The SMILES string of the molecule is CC(CC1CC1)NC(=O)C(S)C(C)C. The van der Waals surface area contributed by atoms with Crippen molar-refractivity contribution < 1.29 is 4.79 Å². The van der Waals surface area contributed by atoms with Crippen molar-refractivity contribution in [2.24, 2.45) is 11.8 Å². The molecule has 0 aromatic heterocycles. The Hall–Kier alpha value is -0.180. The third-order valence-electron chi connectivity index (χ3n) is 2.67. The molecule has 0 saturated heterocycles. The first-order valence-corrected chi connectivity index (χ1v) is 6.00. The van der Waals surface area contributed by atoms with E-state index in [1.807, 2.05) is 13.8 Å². The molecule has 2 unspecified atom stereocenters. The fraction of sp³-hybridized carbons (Fsp3) is 0.909. The zero-order chi connectivity index (χ0) is 10.7. The normalized spacial score (nSPS) is 20.6. The Morgan fingerprint density at radius 3 is 2.43 bits per heavy atom. The second-order valence-corrected chi connectivity index (χ2v) is 5.33. The van der Waals surface area contributed by atoms with Gasteiger partial charge in [0.2, 0.25) is 5.91 Å². The van der Waals surface area contributed by atoms with Crippen molar-refractivity contribution in [2.45, 2.75) is 51.3 Å². The summed E-state index contributed by atoms with van der Waals surface area (Å²) in [6.45, 7) is 6.11. The molecule has 0 aromatic carbocycles. The first-order chi connectivity index (χ1) is 6.50. The van der Waals surface area contributed by atoms with Gasteiger partial charge in [-0.2, -0.15) is 12.6 Å². The Labute approximate surface area is 92.2 Å². The van der Waals surface area contributed by atoms with E-state index in [2.05, 4.69) is 24.9 Å². The van der Waals surface area contributed by atoms with Crippen LogP contribution in [0.2, 0.25) is 0 Å². The van der Waals surface area contributed by atoms with E-state index in [0.29, 0.717) is 12.0 Å². The van der Waals surface area contributed by atoms with Crippen LogP contribution in [-0.2, 0) is 4.79 Å². The van der Waals surface area contributed by atoms with Gasteiger partial charge in [-0.1, -0.05) is 26.7 Å². The highest BCUT2D eigenvalue weighted by atomic mass is 32.1. The van der Waals surface area contributed by atoms with E-state index in [1.165, 1.54) is 12.8 Å². The standard InChI is InChI=1S/C11H21NOS/c1-7(2)10(14)11(13)12-8(3)6-9-4-5-9/h7-10,14H,4-6H2,1-3H3,(H,12,13). The summed E-state index contributed by atoms with van der Waals surface area (Å²) >= 11 is 4.29. The first-order valence-electron chi connectivity index (χ1n) is 5.49. The van der Waals surface area contributed by atoms with E-state index >= 15 is 0 Å². The average Bonchev–Trinajstić information content (AvgIpc) is 2.86. The molecule has 0 bridgehead atoms. The second kappa shape index (κ2) is 5.06. The molecule has 2 atom stereocenters. The molecule has 1 amide bonds. The minimum absolute atomic E-state index is 0.0801. The van der Waals surface area contributed by atoms with Crippen molar-refractivity contribution in [3.63, 3.8) is 0 Å². The second-order valence-electron chi connectivity index (χ2n) is 4.78. The maximum atomic E-state index is 11.6. The summed E-state index contributed by atoms with van der Waals surface area (Å²) in [7, 11) is 0. The van der Waals surface area contributed by atoms with Crippen LogP contribution in [0.25, 0.3) is 0 Å². The van der Waals surface area contributed by atoms with E-state index < -0.39 is 0 Å². The summed E-state index contributed by atoms with van der Waals surface area (Å²) in [6.07, 6.45) is 3.81. The molecule has 1 saturated carbocycles. The van der Waals surface area contributed by atoms with Crippen molar-refractivity contribution in [2.75, 3.05) is 0 Å². The van der Waals surface area contributed by atoms with E-state index in [-0.39, 0.29) is 11.2 Å². The molecule has 1 N–H and O–H groups in total. The molecule has 2 nitrogen and oxygen atoms in total. The van der Waals surface area contributed by atoms with Gasteiger partial charge in [0, 0.05) is 6.04 Å². The average molecular weight is 215 g/mol. The third kappa shape index (κ3) is 3.91. The predicted octanol–water partition coefficient (Wildman–Crippen LogP) is 2.25. The van der Waals surface area contributed by atoms with Gasteiger partial charge in [-0.3, -0.25) is 4.79 Å². The highest BCUT2D eigenvalue weighted by molar-refractivity contribution is 7.81. The Morgan fingerprint density at radius 2 is 2.00 bits per heavy atom. The lowest BCUT2D eigenvalue weighted by Gasteiger charge is -2.18. The summed E-state index contributed by atoms with van der Waals surface area (Å²) in [5, 5.41) is 2.85. The predicted molar refractivity (Wildman–Crippen MR) is 62.6 cm³/mol. The molecule has 1 rings (SSSR count). The van der Waals surface area contributed by atoms with Gasteiger partial charge in [0.25, 0.3) is 0 Å². The molecule has 0 aliphatic heterocycles. The minimum atomic E-state index is -0.170. The van der Waals surface area contributed by atoms with Gasteiger partial charge < -0.3 is 5.32 Å². The molecule has 1 aliphatic carbocycles. The van der Waals surface area contributed by atoms with Crippen molar-refractivity contribution in [3.8, 4) is 0 Å². The number of carbonyl (C=O) groups is 1. The fourth-order valence-corrected chi connectivity index (χ4v) is 1.62. The van der Waals surface area contributed by atoms with Gasteiger partial charge in [0.1, 0.15) is 0 Å². The summed E-state index contributed by atoms with van der Waals surface area (Å²) < 4.78 is 0. The van der Waals surface area contributed by atoms with Crippen molar-refractivity contribution in [3.05, 3.63) is 0 Å². The number of carbonyl (C=O) groups excluding carboxylic acids is 1. The van der Waals surface area contributed by atoms with Crippen LogP contribution < -0.4 is 5.32 Å². The highest BCUT2D eigenvalue weighted by Gasteiger charge is 2.25. The van der Waals surface area contributed by atoms with Gasteiger partial charge in [0.15, 0.2) is 0 Å². The molecular formula is C11H21NOS. The van der Waals surface area contributed by atoms with E-state index in [9.17, 15) is 4.79 Å². The quantitative estimate of drug-likeness (QED) is 0.677. The molecule has 1 aliphatic rings. The molecule has 1 fully saturated rings. The van der Waals surface area contributed by atoms with Gasteiger partial charge in [0.05, 0.1) is 5.25 Å². The number of hydrogen-bond acceptors (Lipinski definition) is 2. The molecule has 14 heavy (non-hydrogen) atoms. The lowest BCUT2D eigenvalue weighted by atomic mass is 10.1. The number of nitrogens with one attached hydrogen (secondary N) is 1. The largest absolute Gasteiger partial charge is 0.353 e. The number of hydrogen-bond donors (Lipinski definition) is 2. The van der Waals surface area contributed by atoms with Crippen LogP contribution in [0.15, 0.2) is 0 Å². The first kappa shape index (κ1) is 11.9. The Kier molecular flexibility index (Phi) is 4.30. The third-order valence-corrected chi connectivity index (χ3v) is 3.50. The van der Waals surface area contributed by atoms with Gasteiger partial charge in [-0.25, -0.2) is 0 Å². The van der Waals surface area contributed by atoms with Crippen LogP contribution >= 0.6 is 12.6 Å². The number of rotatable bonds is 5. The van der Waals surface area contributed by atoms with Crippen molar-refractivity contribution >= 4 is 18.5 Å². The zero-order valence-electron chi connectivity index (χ0n) is 9.29. The summed E-state index contributed by atoms with van der Waals surface area (Å²) in [5.41, 5.74) is 0. The molecule has 0 aromatic rings. The molecule has 3 heteroatoms. The van der Waals surface area contributed by atoms with Crippen LogP contribution in [0.4, 0.5) is 0 Å². The van der Waals surface area contributed by atoms with Crippen LogP contribution in [0.3, 0.4) is 0 Å². The fourth-order valence-electron chi connectivity index (χ4n) is 1.54. The van der Waals surface area contributed by atoms with Crippen LogP contribution in [0, 0.1) is 11.8 Å². The molecule has 0 radical (unpaired) electrons. The van der Waals surface area contributed by atoms with E-state index in [0.717, 1.165) is 12.3 Å². The Morgan fingerprint density at radius 1 is 1.43 bits per heavy atom. The topological polar surface area (TPSA) is 29.1 Å². The highest BCUT2D eigenvalue weighted by Crippen LogP contribution is 2.33. The monoisotopic (exact) mass is 215 g/mol. The summed E-state index contributed by atoms with van der Waals surface area (Å²) in [6, 6.07) is 0.309. The van der Waals surface area contributed by atoms with Crippen molar-refractivity contribution in [1.29, 1.82) is 0 Å². The zero-order valence-corrected chi connectivity index (χ0v) is 10.2. The van der Waals surface area contributed by atoms with Gasteiger partial charge in [-0.15, -0.1) is 0 Å². The molecular weight excluding hydrogens is 194 g/mol. The van der Waals surface area contributed by atoms with Crippen LogP contribution in [0.1, 0.15) is 40.0 Å². The minimum Gasteiger partial charge on any atom is -0.353 e. The van der Waals surface area contributed by atoms with Crippen molar-refractivity contribution in [1.82, 2.24) is 5.32 Å². The maximum absolute atomic E-state index is 11.6. The molecule has 0 spiro atoms. The summed E-state index contributed by atoms with van der Waals surface area (Å²) in [5.74, 6) is 1.24. The molecule has 0 heterocycles. The molecule has 82 valence electrons. The van der Waals surface area contributed by atoms with Gasteiger partial charge in [-0.05, 0) is 25.2 Å². The lowest BCUT2D eigenvalue weighted by Crippen LogP contribution is -2.40. The maximum Gasteiger partial charge on any atom is 0.233 e. The van der Waals surface area contributed by atoms with Crippen LogP contribution in [-0.4, -0.2) is 17.2 Å². The smallest absolute Gasteiger partial charge is 0.233 e. The summed E-state index contributed by atoms with van der Waals surface area (Å²) in [4.78, 5) is 11.6. The lowest BCUT2D eigenvalue weighted by molar-refractivity contribution is -0.121. The van der Waals surface area contributed by atoms with E-state index in [4.69, 9.17) is 0 Å².